The van der Waals surface area contributed by atoms with Crippen LogP contribution in [0.5, 0.6) is 0 Å². The Hall–Kier alpha value is -0.960. The van der Waals surface area contributed by atoms with Gasteiger partial charge in [-0.1, -0.05) is 19.1 Å². The van der Waals surface area contributed by atoms with Crippen molar-refractivity contribution in [2.24, 2.45) is 0 Å². The molecule has 0 N–H and O–H groups in total. The molecule has 0 aromatic heterocycles. The van der Waals surface area contributed by atoms with E-state index in [1.165, 1.54) is 0 Å². The number of hydrogen-bond acceptors (Lipinski definition) is 2. The van der Waals surface area contributed by atoms with Crippen LogP contribution >= 0.6 is 12.6 Å². The lowest BCUT2D eigenvalue weighted by Crippen LogP contribution is -2.44. The van der Waals surface area contributed by atoms with E-state index in [9.17, 15) is 4.79 Å². The van der Waals surface area contributed by atoms with Gasteiger partial charge in [-0.15, -0.1) is 12.6 Å². The molecule has 1 aromatic carbocycles. The van der Waals surface area contributed by atoms with Gasteiger partial charge in [0.15, 0.2) is 0 Å². The van der Waals surface area contributed by atoms with Crippen molar-refractivity contribution in [3.05, 3.63) is 29.8 Å². The van der Waals surface area contributed by atoms with Gasteiger partial charge in [-0.05, 0) is 32.4 Å². The van der Waals surface area contributed by atoms with Crippen molar-refractivity contribution in [2.75, 3.05) is 7.05 Å². The van der Waals surface area contributed by atoms with E-state index in [2.05, 4.69) is 33.4 Å². The van der Waals surface area contributed by atoms with Crippen LogP contribution in [0, 0.1) is 0 Å². The molecule has 16 heavy (non-hydrogen) atoms. The summed E-state index contributed by atoms with van der Waals surface area (Å²) < 4.78 is 0. The van der Waals surface area contributed by atoms with Crippen molar-refractivity contribution in [3.63, 3.8) is 0 Å². The minimum absolute atomic E-state index is 0.0254. The Morgan fingerprint density at radius 1 is 1.38 bits per heavy atom. The molecule has 0 saturated heterocycles. The molecule has 0 fully saturated rings. The van der Waals surface area contributed by atoms with E-state index in [4.69, 9.17) is 0 Å². The van der Waals surface area contributed by atoms with Crippen LogP contribution in [0.15, 0.2) is 29.2 Å². The van der Waals surface area contributed by atoms with E-state index in [0.29, 0.717) is 5.56 Å². The molecule has 0 radical (unpaired) electrons. The highest BCUT2D eigenvalue weighted by atomic mass is 32.1. The van der Waals surface area contributed by atoms with Gasteiger partial charge in [0.25, 0.3) is 5.91 Å². The minimum Gasteiger partial charge on any atom is -0.337 e. The van der Waals surface area contributed by atoms with Crippen LogP contribution in [0.3, 0.4) is 0 Å². The Balaban J connectivity index is 3.00. The van der Waals surface area contributed by atoms with E-state index in [-0.39, 0.29) is 11.4 Å². The highest BCUT2D eigenvalue weighted by molar-refractivity contribution is 7.80. The van der Waals surface area contributed by atoms with Gasteiger partial charge in [-0.25, -0.2) is 0 Å². The number of thiol groups is 1. The zero-order valence-electron chi connectivity index (χ0n) is 10.3. The van der Waals surface area contributed by atoms with Crippen molar-refractivity contribution in [2.45, 2.75) is 37.6 Å². The summed E-state index contributed by atoms with van der Waals surface area (Å²) >= 11 is 4.31. The van der Waals surface area contributed by atoms with Crippen LogP contribution in [0.4, 0.5) is 0 Å². The molecule has 0 saturated carbocycles. The maximum atomic E-state index is 12.2. The summed E-state index contributed by atoms with van der Waals surface area (Å²) in [6.45, 7) is 6.20. The van der Waals surface area contributed by atoms with Crippen molar-refractivity contribution in [3.8, 4) is 0 Å². The van der Waals surface area contributed by atoms with Crippen LogP contribution in [0.25, 0.3) is 0 Å². The lowest BCUT2D eigenvalue weighted by Gasteiger charge is -2.35. The smallest absolute Gasteiger partial charge is 0.255 e. The van der Waals surface area contributed by atoms with Crippen LogP contribution in [0.1, 0.15) is 37.6 Å². The molecule has 0 aliphatic heterocycles. The summed E-state index contributed by atoms with van der Waals surface area (Å²) in [7, 11) is 1.84. The monoisotopic (exact) mass is 237 g/mol. The van der Waals surface area contributed by atoms with E-state index in [0.717, 1.165) is 11.3 Å². The largest absolute Gasteiger partial charge is 0.337 e. The highest BCUT2D eigenvalue weighted by Crippen LogP contribution is 2.22. The third-order valence-corrected chi connectivity index (χ3v) is 3.60. The van der Waals surface area contributed by atoms with E-state index in [1.54, 1.807) is 4.90 Å². The number of nitrogens with zero attached hydrogens (tertiary/aromatic N) is 1. The average Bonchev–Trinajstić information content (AvgIpc) is 2.27. The Bertz CT molecular complexity index is 387. The first-order chi connectivity index (χ1) is 7.40. The van der Waals surface area contributed by atoms with Crippen molar-refractivity contribution >= 4 is 18.5 Å². The Labute approximate surface area is 103 Å². The number of carbonyl (C=O) groups is 1. The lowest BCUT2D eigenvalue weighted by atomic mass is 9.99. The third-order valence-electron chi connectivity index (χ3n) is 3.21. The second kappa shape index (κ2) is 4.91. The topological polar surface area (TPSA) is 20.3 Å². The molecule has 0 unspecified atom stereocenters. The van der Waals surface area contributed by atoms with Gasteiger partial charge >= 0.3 is 0 Å². The first-order valence-electron chi connectivity index (χ1n) is 5.46. The molecular formula is C13H19NOS. The second-order valence-electron chi connectivity index (χ2n) is 4.55. The minimum atomic E-state index is -0.132. The fourth-order valence-electron chi connectivity index (χ4n) is 1.35. The summed E-state index contributed by atoms with van der Waals surface area (Å²) in [5.41, 5.74) is 0.530. The molecule has 1 amide bonds. The number of amides is 1. The van der Waals surface area contributed by atoms with E-state index < -0.39 is 0 Å². The summed E-state index contributed by atoms with van der Waals surface area (Å²) in [6, 6.07) is 7.39. The molecule has 0 aliphatic rings. The van der Waals surface area contributed by atoms with E-state index in [1.807, 2.05) is 31.3 Å². The van der Waals surface area contributed by atoms with Crippen LogP contribution in [-0.4, -0.2) is 23.4 Å². The second-order valence-corrected chi connectivity index (χ2v) is 5.03. The standard InChI is InChI=1S/C13H19NOS/c1-5-13(2,3)14(4)12(15)10-8-6-7-9-11(10)16/h6-9,16H,5H2,1-4H3. The molecule has 0 atom stereocenters. The molecule has 0 spiro atoms. The SMILES string of the molecule is CCC(C)(C)N(C)C(=O)c1ccccc1S. The molecule has 2 nitrogen and oxygen atoms in total. The van der Waals surface area contributed by atoms with Crippen molar-refractivity contribution < 1.29 is 4.79 Å². The first kappa shape index (κ1) is 13.1. The zero-order valence-corrected chi connectivity index (χ0v) is 11.2. The van der Waals surface area contributed by atoms with Crippen LogP contribution < -0.4 is 0 Å². The van der Waals surface area contributed by atoms with Gasteiger partial charge in [-0.2, -0.15) is 0 Å². The zero-order chi connectivity index (χ0) is 12.3. The Morgan fingerprint density at radius 3 is 2.44 bits per heavy atom. The molecule has 0 heterocycles. The van der Waals surface area contributed by atoms with Crippen LogP contribution in [0.2, 0.25) is 0 Å². The molecular weight excluding hydrogens is 218 g/mol. The van der Waals surface area contributed by atoms with Crippen LogP contribution in [-0.2, 0) is 0 Å². The number of hydrogen-bond donors (Lipinski definition) is 1. The number of rotatable bonds is 3. The van der Waals surface area contributed by atoms with Gasteiger partial charge < -0.3 is 4.90 Å². The fraction of sp³-hybridized carbons (Fsp3) is 0.462. The average molecular weight is 237 g/mol. The lowest BCUT2D eigenvalue weighted by molar-refractivity contribution is 0.0617. The van der Waals surface area contributed by atoms with Crippen molar-refractivity contribution in [1.82, 2.24) is 4.90 Å². The summed E-state index contributed by atoms with van der Waals surface area (Å²) in [5.74, 6) is 0.0254. The summed E-state index contributed by atoms with van der Waals surface area (Å²) in [6.07, 6.45) is 0.921. The van der Waals surface area contributed by atoms with Gasteiger partial charge in [0.05, 0.1) is 5.56 Å². The van der Waals surface area contributed by atoms with Gasteiger partial charge in [0, 0.05) is 17.5 Å². The Kier molecular flexibility index (Phi) is 4.03. The molecule has 1 aromatic rings. The van der Waals surface area contributed by atoms with Gasteiger partial charge in [-0.3, -0.25) is 4.79 Å². The molecule has 0 bridgehead atoms. The predicted octanol–water partition coefficient (Wildman–Crippen LogP) is 3.24. The highest BCUT2D eigenvalue weighted by Gasteiger charge is 2.27. The quantitative estimate of drug-likeness (QED) is 0.800. The maximum Gasteiger partial charge on any atom is 0.255 e. The van der Waals surface area contributed by atoms with Crippen molar-refractivity contribution in [1.29, 1.82) is 0 Å². The molecule has 0 aliphatic carbocycles. The maximum absolute atomic E-state index is 12.2. The first-order valence-corrected chi connectivity index (χ1v) is 5.91. The van der Waals surface area contributed by atoms with E-state index >= 15 is 0 Å². The normalized spacial score (nSPS) is 11.3. The summed E-state index contributed by atoms with van der Waals surface area (Å²) in [5, 5.41) is 0. The molecule has 1 rings (SSSR count). The summed E-state index contributed by atoms with van der Waals surface area (Å²) in [4.78, 5) is 14.8. The number of carbonyl (C=O) groups excluding carboxylic acids is 1. The number of benzene rings is 1. The van der Waals surface area contributed by atoms with Gasteiger partial charge in [0.1, 0.15) is 0 Å². The predicted molar refractivity (Wildman–Crippen MR) is 70.2 cm³/mol. The fourth-order valence-corrected chi connectivity index (χ4v) is 1.60. The van der Waals surface area contributed by atoms with Gasteiger partial charge in [0.2, 0.25) is 0 Å². The molecule has 3 heteroatoms. The molecule has 88 valence electrons. The Morgan fingerprint density at radius 2 is 1.94 bits per heavy atom. The third kappa shape index (κ3) is 2.59.